The minimum Gasteiger partial charge on any atom is -0.383 e. The van der Waals surface area contributed by atoms with E-state index in [1.807, 2.05) is 30.3 Å². The third-order valence-electron chi connectivity index (χ3n) is 4.05. The Balaban J connectivity index is 1.74. The van der Waals surface area contributed by atoms with Crippen molar-refractivity contribution in [1.82, 2.24) is 9.21 Å². The molecule has 1 aromatic rings. The van der Waals surface area contributed by atoms with Gasteiger partial charge in [-0.05, 0) is 18.4 Å². The number of ether oxygens (including phenoxy) is 1. The molecule has 6 heteroatoms. The SMILES string of the molecule is COCCN1CCN(S(=O)(=O)CCCc2ccccc2)CC1. The fourth-order valence-electron chi connectivity index (χ4n) is 2.68. The van der Waals surface area contributed by atoms with Crippen LogP contribution in [0.4, 0.5) is 0 Å². The molecule has 0 unspecified atom stereocenters. The molecule has 2 rings (SSSR count). The van der Waals surface area contributed by atoms with E-state index >= 15 is 0 Å². The van der Waals surface area contributed by atoms with E-state index in [1.165, 1.54) is 5.56 Å². The number of hydrogen-bond acceptors (Lipinski definition) is 4. The lowest BCUT2D eigenvalue weighted by Gasteiger charge is -2.33. The van der Waals surface area contributed by atoms with Gasteiger partial charge in [-0.2, -0.15) is 4.31 Å². The molecule has 1 saturated heterocycles. The van der Waals surface area contributed by atoms with Crippen molar-refractivity contribution in [3.05, 3.63) is 35.9 Å². The lowest BCUT2D eigenvalue weighted by atomic mass is 10.1. The number of sulfonamides is 1. The topological polar surface area (TPSA) is 49.9 Å². The molecule has 22 heavy (non-hydrogen) atoms. The molecule has 0 saturated carbocycles. The Morgan fingerprint density at radius 1 is 1.09 bits per heavy atom. The first-order chi connectivity index (χ1) is 10.6. The van der Waals surface area contributed by atoms with Gasteiger partial charge in [0.15, 0.2) is 0 Å². The van der Waals surface area contributed by atoms with Gasteiger partial charge >= 0.3 is 0 Å². The Morgan fingerprint density at radius 3 is 2.41 bits per heavy atom. The van der Waals surface area contributed by atoms with Gasteiger partial charge in [0.2, 0.25) is 10.0 Å². The van der Waals surface area contributed by atoms with E-state index in [0.717, 1.165) is 26.1 Å². The number of methoxy groups -OCH3 is 1. The number of hydrogen-bond donors (Lipinski definition) is 0. The lowest BCUT2D eigenvalue weighted by molar-refractivity contribution is 0.123. The summed E-state index contributed by atoms with van der Waals surface area (Å²) in [6.45, 7) is 4.35. The molecule has 1 fully saturated rings. The highest BCUT2D eigenvalue weighted by Crippen LogP contribution is 2.11. The van der Waals surface area contributed by atoms with Crippen molar-refractivity contribution >= 4 is 10.0 Å². The van der Waals surface area contributed by atoms with Crippen LogP contribution in [0.15, 0.2) is 30.3 Å². The second kappa shape index (κ2) is 8.62. The summed E-state index contributed by atoms with van der Waals surface area (Å²) in [5, 5.41) is 0. The maximum atomic E-state index is 12.4. The monoisotopic (exact) mass is 326 g/mol. The summed E-state index contributed by atoms with van der Waals surface area (Å²) < 4.78 is 31.5. The molecular formula is C16H26N2O3S. The van der Waals surface area contributed by atoms with E-state index in [9.17, 15) is 8.42 Å². The zero-order chi connectivity index (χ0) is 15.8. The van der Waals surface area contributed by atoms with Crippen molar-refractivity contribution in [3.8, 4) is 0 Å². The van der Waals surface area contributed by atoms with Crippen molar-refractivity contribution < 1.29 is 13.2 Å². The fraction of sp³-hybridized carbons (Fsp3) is 0.625. The number of rotatable bonds is 8. The minimum atomic E-state index is -3.12. The first kappa shape index (κ1) is 17.4. The number of benzene rings is 1. The predicted octanol–water partition coefficient (Wildman–Crippen LogP) is 1.21. The van der Waals surface area contributed by atoms with Crippen molar-refractivity contribution in [2.24, 2.45) is 0 Å². The van der Waals surface area contributed by atoms with E-state index in [-0.39, 0.29) is 5.75 Å². The normalized spacial score (nSPS) is 17.7. The summed E-state index contributed by atoms with van der Waals surface area (Å²) in [7, 11) is -1.43. The van der Waals surface area contributed by atoms with Crippen LogP contribution in [-0.2, 0) is 21.2 Å². The summed E-state index contributed by atoms with van der Waals surface area (Å²) in [6.07, 6.45) is 1.49. The Bertz CT molecular complexity index is 526. The fourth-order valence-corrected chi connectivity index (χ4v) is 4.17. The van der Waals surface area contributed by atoms with E-state index in [1.54, 1.807) is 11.4 Å². The van der Waals surface area contributed by atoms with Crippen LogP contribution in [-0.4, -0.2) is 69.8 Å². The zero-order valence-electron chi connectivity index (χ0n) is 13.3. The number of piperazine rings is 1. The lowest BCUT2D eigenvalue weighted by Crippen LogP contribution is -2.49. The molecule has 124 valence electrons. The van der Waals surface area contributed by atoms with Crippen LogP contribution in [0.3, 0.4) is 0 Å². The van der Waals surface area contributed by atoms with Crippen LogP contribution >= 0.6 is 0 Å². The van der Waals surface area contributed by atoms with Crippen LogP contribution in [0, 0.1) is 0 Å². The molecule has 0 radical (unpaired) electrons. The van der Waals surface area contributed by atoms with Gasteiger partial charge in [-0.25, -0.2) is 8.42 Å². The van der Waals surface area contributed by atoms with Gasteiger partial charge in [-0.3, -0.25) is 4.90 Å². The van der Waals surface area contributed by atoms with Gasteiger partial charge in [-0.15, -0.1) is 0 Å². The van der Waals surface area contributed by atoms with Gasteiger partial charge < -0.3 is 4.74 Å². The van der Waals surface area contributed by atoms with Crippen LogP contribution in [0.2, 0.25) is 0 Å². The van der Waals surface area contributed by atoms with Crippen LogP contribution < -0.4 is 0 Å². The average molecular weight is 326 g/mol. The summed E-state index contributed by atoms with van der Waals surface area (Å²) in [6, 6.07) is 10.0. The summed E-state index contributed by atoms with van der Waals surface area (Å²) in [5.41, 5.74) is 1.20. The minimum absolute atomic E-state index is 0.236. The first-order valence-corrected chi connectivity index (χ1v) is 9.46. The molecule has 0 atom stereocenters. The molecule has 1 aliphatic rings. The maximum absolute atomic E-state index is 12.4. The quantitative estimate of drug-likeness (QED) is 0.721. The van der Waals surface area contributed by atoms with E-state index in [2.05, 4.69) is 4.90 Å². The van der Waals surface area contributed by atoms with Crippen molar-refractivity contribution in [3.63, 3.8) is 0 Å². The van der Waals surface area contributed by atoms with Crippen LogP contribution in [0.5, 0.6) is 0 Å². The van der Waals surface area contributed by atoms with Gasteiger partial charge in [0.1, 0.15) is 0 Å². The molecule has 0 aliphatic carbocycles. The Morgan fingerprint density at radius 2 is 1.77 bits per heavy atom. The zero-order valence-corrected chi connectivity index (χ0v) is 14.1. The van der Waals surface area contributed by atoms with Crippen molar-refractivity contribution in [1.29, 1.82) is 0 Å². The van der Waals surface area contributed by atoms with Gasteiger partial charge in [0, 0.05) is 39.8 Å². The van der Waals surface area contributed by atoms with Crippen LogP contribution in [0.1, 0.15) is 12.0 Å². The highest BCUT2D eigenvalue weighted by molar-refractivity contribution is 7.89. The smallest absolute Gasteiger partial charge is 0.214 e. The first-order valence-electron chi connectivity index (χ1n) is 7.85. The number of nitrogens with zero attached hydrogens (tertiary/aromatic N) is 2. The van der Waals surface area contributed by atoms with Gasteiger partial charge in [-0.1, -0.05) is 30.3 Å². The highest BCUT2D eigenvalue weighted by atomic mass is 32.2. The largest absolute Gasteiger partial charge is 0.383 e. The van der Waals surface area contributed by atoms with Gasteiger partial charge in [0.25, 0.3) is 0 Å². The highest BCUT2D eigenvalue weighted by Gasteiger charge is 2.26. The van der Waals surface area contributed by atoms with E-state index in [4.69, 9.17) is 4.74 Å². The third-order valence-corrected chi connectivity index (χ3v) is 6.00. The Hall–Kier alpha value is -0.950. The summed E-state index contributed by atoms with van der Waals surface area (Å²) in [5.74, 6) is 0.236. The standard InChI is InChI=1S/C16H26N2O3S/c1-21-14-13-17-9-11-18(12-10-17)22(19,20)15-5-8-16-6-3-2-4-7-16/h2-4,6-7H,5,8-15H2,1H3. The van der Waals surface area contributed by atoms with Crippen molar-refractivity contribution in [2.75, 3.05) is 52.2 Å². The summed E-state index contributed by atoms with van der Waals surface area (Å²) >= 11 is 0. The summed E-state index contributed by atoms with van der Waals surface area (Å²) in [4.78, 5) is 2.25. The van der Waals surface area contributed by atoms with E-state index in [0.29, 0.717) is 26.1 Å². The molecule has 0 bridgehead atoms. The molecular weight excluding hydrogens is 300 g/mol. The average Bonchev–Trinajstić information content (AvgIpc) is 2.54. The Labute approximate surface area is 133 Å². The third kappa shape index (κ3) is 5.35. The molecule has 1 aromatic carbocycles. The molecule has 0 spiro atoms. The molecule has 1 aliphatic heterocycles. The van der Waals surface area contributed by atoms with E-state index < -0.39 is 10.0 Å². The number of aryl methyl sites for hydroxylation is 1. The van der Waals surface area contributed by atoms with Gasteiger partial charge in [0.05, 0.1) is 12.4 Å². The molecule has 0 N–H and O–H groups in total. The molecule has 0 aromatic heterocycles. The predicted molar refractivity (Wildman–Crippen MR) is 88.4 cm³/mol. The Kier molecular flexibility index (Phi) is 6.82. The van der Waals surface area contributed by atoms with Crippen LogP contribution in [0.25, 0.3) is 0 Å². The maximum Gasteiger partial charge on any atom is 0.214 e. The second-order valence-corrected chi connectivity index (χ2v) is 7.73. The van der Waals surface area contributed by atoms with Crippen molar-refractivity contribution in [2.45, 2.75) is 12.8 Å². The molecule has 0 amide bonds. The second-order valence-electron chi connectivity index (χ2n) is 5.64. The molecule has 1 heterocycles. The molecule has 5 nitrogen and oxygen atoms in total.